The zero-order valence-corrected chi connectivity index (χ0v) is 18.3. The van der Waals surface area contributed by atoms with Crippen LogP contribution in [0.1, 0.15) is 33.6 Å². The van der Waals surface area contributed by atoms with E-state index in [0.717, 1.165) is 0 Å². The number of carbonyl (C=O) groups excluding carboxylic acids is 6. The summed E-state index contributed by atoms with van der Waals surface area (Å²) >= 11 is 0. The van der Waals surface area contributed by atoms with Gasteiger partial charge in [-0.05, 0) is 20.8 Å². The van der Waals surface area contributed by atoms with Crippen LogP contribution < -0.4 is 21.8 Å². The zero-order valence-electron chi connectivity index (χ0n) is 18.3. The number of amides is 5. The van der Waals surface area contributed by atoms with Crippen LogP contribution in [-0.4, -0.2) is 89.0 Å². The fourth-order valence-corrected chi connectivity index (χ4v) is 2.42. The van der Waals surface area contributed by atoms with Crippen LogP contribution in [0.25, 0.3) is 0 Å². The Bertz CT molecular complexity index is 816. The lowest BCUT2D eigenvalue weighted by atomic mass is 10.2. The number of nitrogens with zero attached hydrogens (tertiary/aromatic N) is 1. The molecule has 1 saturated heterocycles. The zero-order chi connectivity index (χ0) is 25.3. The van der Waals surface area contributed by atoms with Gasteiger partial charge in [0.2, 0.25) is 17.7 Å². The van der Waals surface area contributed by atoms with Crippen LogP contribution in [0.5, 0.6) is 0 Å². The smallest absolute Gasteiger partial charge is 0.338 e. The molecule has 2 unspecified atom stereocenters. The molecule has 15 heteroatoms. The van der Waals surface area contributed by atoms with Gasteiger partial charge in [-0.2, -0.15) is 0 Å². The fourth-order valence-electron chi connectivity index (χ4n) is 2.42. The van der Waals surface area contributed by atoms with Gasteiger partial charge in [0.05, 0.1) is 13.0 Å². The first-order valence-electron chi connectivity index (χ1n) is 9.91. The molecule has 0 aromatic carbocycles. The molecule has 1 aliphatic heterocycles. The van der Waals surface area contributed by atoms with Crippen LogP contribution in [0.15, 0.2) is 0 Å². The summed E-state index contributed by atoms with van der Waals surface area (Å²) in [6.45, 7) is 3.50. The first kappa shape index (κ1) is 27.3. The summed E-state index contributed by atoms with van der Waals surface area (Å²) in [6.07, 6.45) is -3.18. The normalized spacial score (nSPS) is 18.2. The summed E-state index contributed by atoms with van der Waals surface area (Å²) in [4.78, 5) is 82.1. The number of esters is 1. The van der Waals surface area contributed by atoms with Gasteiger partial charge in [-0.25, -0.2) is 9.80 Å². The van der Waals surface area contributed by atoms with Crippen molar-refractivity contribution in [3.05, 3.63) is 0 Å². The summed E-state index contributed by atoms with van der Waals surface area (Å²) in [5.41, 5.74) is 7.22. The van der Waals surface area contributed by atoms with E-state index in [1.165, 1.54) is 13.8 Å². The number of carbonyl (C=O) groups is 7. The minimum absolute atomic E-state index is 0.0665. The van der Waals surface area contributed by atoms with Crippen molar-refractivity contribution in [1.29, 1.82) is 0 Å². The van der Waals surface area contributed by atoms with Gasteiger partial charge in [0.1, 0.15) is 18.6 Å². The van der Waals surface area contributed by atoms with Crippen molar-refractivity contribution < 1.29 is 48.1 Å². The van der Waals surface area contributed by atoms with E-state index in [1.807, 2.05) is 0 Å². The molecule has 0 aliphatic carbocycles. The summed E-state index contributed by atoms with van der Waals surface area (Å²) < 4.78 is 9.68. The van der Waals surface area contributed by atoms with Gasteiger partial charge in [0.15, 0.2) is 12.2 Å². The number of nitrogens with one attached hydrogen (secondary N) is 3. The highest BCUT2D eigenvalue weighted by molar-refractivity contribution is 5.97. The minimum Gasteiger partial charge on any atom is -0.481 e. The van der Waals surface area contributed by atoms with Crippen LogP contribution in [-0.2, 0) is 43.0 Å². The van der Waals surface area contributed by atoms with Crippen LogP contribution in [0.3, 0.4) is 0 Å². The number of primary amides is 1. The quantitative estimate of drug-likeness (QED) is 0.107. The number of rotatable bonds is 12. The van der Waals surface area contributed by atoms with Crippen LogP contribution in [0.2, 0.25) is 0 Å². The standard InChI is InChI=1S/C18H27N5O10/c1-4-32-18(31)14-13(33-14)17(30)23(7-10(19)24)22-16(29)9(3)21-15(28)8(2)20-11(25)5-6-12(26)27/h8-9,13-14H,4-7H2,1-3H3,(H2,19,24)(H,20,25)(H,21,28)(H,22,29)(H,26,27)/t8-,9-,13?,14?/m0/s1. The maximum absolute atomic E-state index is 12.5. The molecule has 0 bridgehead atoms. The maximum atomic E-state index is 12.5. The number of ether oxygens (including phenoxy) is 2. The number of hydrogen-bond acceptors (Lipinski definition) is 9. The second-order valence-electron chi connectivity index (χ2n) is 7.01. The van der Waals surface area contributed by atoms with Gasteiger partial charge in [0.25, 0.3) is 11.8 Å². The maximum Gasteiger partial charge on any atom is 0.338 e. The molecule has 33 heavy (non-hydrogen) atoms. The number of nitrogens with two attached hydrogens (primary N) is 1. The number of carboxylic acid groups (broad SMARTS) is 1. The molecule has 5 amide bonds. The average Bonchev–Trinajstić information content (AvgIpc) is 3.51. The van der Waals surface area contributed by atoms with Crippen molar-refractivity contribution in [3.63, 3.8) is 0 Å². The molecule has 184 valence electrons. The fraction of sp³-hybridized carbons (Fsp3) is 0.611. The van der Waals surface area contributed by atoms with Crippen molar-refractivity contribution in [2.45, 2.75) is 57.9 Å². The van der Waals surface area contributed by atoms with Crippen molar-refractivity contribution >= 4 is 41.5 Å². The summed E-state index contributed by atoms with van der Waals surface area (Å²) in [6, 6.07) is -2.31. The highest BCUT2D eigenvalue weighted by Crippen LogP contribution is 2.25. The molecular formula is C18H27N5O10. The van der Waals surface area contributed by atoms with E-state index in [1.54, 1.807) is 6.92 Å². The summed E-state index contributed by atoms with van der Waals surface area (Å²) in [5.74, 6) is -6.17. The van der Waals surface area contributed by atoms with E-state index in [2.05, 4.69) is 16.1 Å². The monoisotopic (exact) mass is 473 g/mol. The third-order valence-corrected chi connectivity index (χ3v) is 4.17. The van der Waals surface area contributed by atoms with E-state index < -0.39 is 78.7 Å². The van der Waals surface area contributed by atoms with E-state index in [9.17, 15) is 33.6 Å². The average molecular weight is 473 g/mol. The van der Waals surface area contributed by atoms with Gasteiger partial charge in [0, 0.05) is 6.42 Å². The number of epoxide rings is 1. The van der Waals surface area contributed by atoms with Gasteiger partial charge in [-0.15, -0.1) is 0 Å². The molecule has 15 nitrogen and oxygen atoms in total. The molecule has 0 spiro atoms. The lowest BCUT2D eigenvalue weighted by molar-refractivity contribution is -0.146. The van der Waals surface area contributed by atoms with E-state index in [4.69, 9.17) is 20.3 Å². The lowest BCUT2D eigenvalue weighted by Gasteiger charge is -2.24. The van der Waals surface area contributed by atoms with Crippen LogP contribution in [0, 0.1) is 0 Å². The molecule has 6 N–H and O–H groups in total. The number of aliphatic carboxylic acids is 1. The number of hydrogen-bond donors (Lipinski definition) is 5. The topological polar surface area (TPSA) is 227 Å². The van der Waals surface area contributed by atoms with Gasteiger partial charge < -0.3 is 30.9 Å². The summed E-state index contributed by atoms with van der Waals surface area (Å²) in [7, 11) is 0. The van der Waals surface area contributed by atoms with Crippen molar-refractivity contribution in [1.82, 2.24) is 21.1 Å². The Labute approximate surface area is 188 Å². The van der Waals surface area contributed by atoms with Crippen molar-refractivity contribution in [2.75, 3.05) is 13.2 Å². The van der Waals surface area contributed by atoms with Crippen LogP contribution >= 0.6 is 0 Å². The van der Waals surface area contributed by atoms with Crippen LogP contribution in [0.4, 0.5) is 0 Å². The Morgan fingerprint density at radius 1 is 1.00 bits per heavy atom. The first-order chi connectivity index (χ1) is 15.4. The van der Waals surface area contributed by atoms with Gasteiger partial charge in [-0.3, -0.25) is 34.2 Å². The molecule has 4 atom stereocenters. The highest BCUT2D eigenvalue weighted by atomic mass is 16.6. The Kier molecular flexibility index (Phi) is 10.2. The SMILES string of the molecule is CCOC(=O)C1OC1C(=O)N(CC(N)=O)NC(=O)[C@H](C)NC(=O)[C@H](C)NC(=O)CCC(=O)O. The predicted molar refractivity (Wildman–Crippen MR) is 106 cm³/mol. The lowest BCUT2D eigenvalue weighted by Crippen LogP contribution is -2.57. The molecule has 1 heterocycles. The Morgan fingerprint density at radius 2 is 1.61 bits per heavy atom. The van der Waals surface area contributed by atoms with Gasteiger partial charge in [-0.1, -0.05) is 0 Å². The predicted octanol–water partition coefficient (Wildman–Crippen LogP) is -3.46. The van der Waals surface area contributed by atoms with Crippen molar-refractivity contribution in [2.24, 2.45) is 5.73 Å². The third kappa shape index (κ3) is 9.10. The van der Waals surface area contributed by atoms with Crippen molar-refractivity contribution in [3.8, 4) is 0 Å². The molecule has 0 aromatic rings. The molecule has 0 saturated carbocycles. The molecule has 1 aliphatic rings. The first-order valence-corrected chi connectivity index (χ1v) is 9.91. The van der Waals surface area contributed by atoms with E-state index in [0.29, 0.717) is 5.01 Å². The molecule has 0 radical (unpaired) electrons. The molecule has 1 rings (SSSR count). The third-order valence-electron chi connectivity index (χ3n) is 4.17. The highest BCUT2D eigenvalue weighted by Gasteiger charge is 2.53. The molecule has 0 aromatic heterocycles. The van der Waals surface area contributed by atoms with E-state index >= 15 is 0 Å². The largest absolute Gasteiger partial charge is 0.481 e. The van der Waals surface area contributed by atoms with Gasteiger partial charge >= 0.3 is 11.9 Å². The minimum atomic E-state index is -1.27. The Balaban J connectivity index is 2.64. The second-order valence-corrected chi connectivity index (χ2v) is 7.01. The second kappa shape index (κ2) is 12.3. The molecular weight excluding hydrogens is 446 g/mol. The number of hydrazine groups is 1. The molecule has 1 fully saturated rings. The summed E-state index contributed by atoms with van der Waals surface area (Å²) in [5, 5.41) is 13.7. The number of carboxylic acids is 1. The Hall–Kier alpha value is -3.75. The van der Waals surface area contributed by atoms with E-state index in [-0.39, 0.29) is 13.0 Å². The Morgan fingerprint density at radius 3 is 2.15 bits per heavy atom.